The van der Waals surface area contributed by atoms with Crippen LogP contribution in [0.15, 0.2) is 60.8 Å². The molecule has 0 radical (unpaired) electrons. The fraction of sp³-hybridized carbons (Fsp3) is 0.733. The van der Waals surface area contributed by atoms with Crippen LogP contribution in [0, 0.1) is 0 Å². The van der Waals surface area contributed by atoms with Gasteiger partial charge in [0.05, 0.1) is 6.61 Å². The topological polar surface area (TPSA) is 210 Å². The summed E-state index contributed by atoms with van der Waals surface area (Å²) in [5.41, 5.74) is 0. The maximum absolute atomic E-state index is 12.8. The van der Waals surface area contributed by atoms with Crippen molar-refractivity contribution in [3.63, 3.8) is 0 Å². The number of carbonyl (C=O) groups is 2. The number of rotatable bonds is 35. The molecule has 340 valence electrons. The summed E-state index contributed by atoms with van der Waals surface area (Å²) >= 11 is 0. The second-order valence-electron chi connectivity index (χ2n) is 15.3. The Hall–Kier alpha value is -2.45. The lowest BCUT2D eigenvalue weighted by molar-refractivity contribution is -0.220. The first-order chi connectivity index (χ1) is 28.4. The van der Waals surface area contributed by atoms with Gasteiger partial charge in [-0.1, -0.05) is 177 Å². The van der Waals surface area contributed by atoms with Gasteiger partial charge in [-0.25, -0.2) is 4.57 Å². The van der Waals surface area contributed by atoms with Gasteiger partial charge in [-0.05, 0) is 25.7 Å². The Bertz CT molecular complexity index is 1270. The van der Waals surface area contributed by atoms with Crippen molar-refractivity contribution in [1.82, 2.24) is 0 Å². The average molecular weight is 857 g/mol. The molecule has 0 bridgehead atoms. The maximum Gasteiger partial charge on any atom is 0.472 e. The molecule has 0 spiro atoms. The normalized spacial score (nSPS) is 22.9. The monoisotopic (exact) mass is 857 g/mol. The highest BCUT2D eigenvalue weighted by atomic mass is 31.2. The number of phosphoric acid groups is 1. The minimum Gasteiger partial charge on any atom is -0.462 e. The molecule has 1 aliphatic carbocycles. The van der Waals surface area contributed by atoms with Gasteiger partial charge < -0.3 is 39.9 Å². The predicted octanol–water partition coefficient (Wildman–Crippen LogP) is 8.16. The Morgan fingerprint density at radius 1 is 0.542 bits per heavy atom. The van der Waals surface area contributed by atoms with Crippen LogP contribution in [0.2, 0.25) is 0 Å². The first-order valence-electron chi connectivity index (χ1n) is 22.2. The van der Waals surface area contributed by atoms with Crippen LogP contribution in [0.3, 0.4) is 0 Å². The molecule has 14 heteroatoms. The van der Waals surface area contributed by atoms with Crippen LogP contribution in [0.5, 0.6) is 0 Å². The van der Waals surface area contributed by atoms with E-state index in [2.05, 4.69) is 19.9 Å². The third-order valence-electron chi connectivity index (χ3n) is 10.0. The van der Waals surface area contributed by atoms with E-state index >= 15 is 0 Å². The lowest BCUT2D eigenvalue weighted by Crippen LogP contribution is -2.64. The van der Waals surface area contributed by atoms with Crippen molar-refractivity contribution in [3.05, 3.63) is 60.8 Å². The quantitative estimate of drug-likeness (QED) is 0.0154. The fourth-order valence-electron chi connectivity index (χ4n) is 6.43. The lowest BCUT2D eigenvalue weighted by atomic mass is 9.85. The minimum absolute atomic E-state index is 0.000418. The molecular formula is C45H77O13P. The highest BCUT2D eigenvalue weighted by Gasteiger charge is 2.51. The van der Waals surface area contributed by atoms with Gasteiger partial charge in [0.15, 0.2) is 6.10 Å². The zero-order valence-corrected chi connectivity index (χ0v) is 36.7. The fourth-order valence-corrected chi connectivity index (χ4v) is 7.41. The van der Waals surface area contributed by atoms with Crippen LogP contribution < -0.4 is 0 Å². The lowest BCUT2D eigenvalue weighted by Gasteiger charge is -2.41. The highest BCUT2D eigenvalue weighted by Crippen LogP contribution is 2.47. The number of hydrogen-bond acceptors (Lipinski definition) is 12. The van der Waals surface area contributed by atoms with Crippen LogP contribution in [0.25, 0.3) is 0 Å². The molecule has 1 fully saturated rings. The summed E-state index contributed by atoms with van der Waals surface area (Å²) in [5, 5.41) is 50.1. The molecule has 1 saturated carbocycles. The number of esters is 2. The number of phosphoric ester groups is 1. The van der Waals surface area contributed by atoms with Crippen LogP contribution in [-0.4, -0.2) is 98.3 Å². The number of hydrogen-bond donors (Lipinski definition) is 6. The third kappa shape index (κ3) is 27.9. The largest absolute Gasteiger partial charge is 0.472 e. The zero-order valence-electron chi connectivity index (χ0n) is 35.8. The van der Waals surface area contributed by atoms with Crippen molar-refractivity contribution in [2.45, 2.75) is 198 Å². The number of aliphatic hydroxyl groups is 5. The van der Waals surface area contributed by atoms with E-state index in [1.165, 1.54) is 83.5 Å². The summed E-state index contributed by atoms with van der Waals surface area (Å²) in [6.07, 6.45) is 28.7. The number of carbonyl (C=O) groups excluding carboxylic acids is 2. The molecule has 0 amide bonds. The molecule has 0 aromatic rings. The van der Waals surface area contributed by atoms with Crippen LogP contribution >= 0.6 is 7.82 Å². The summed E-state index contributed by atoms with van der Waals surface area (Å²) < 4.78 is 33.4. The van der Waals surface area contributed by atoms with Crippen LogP contribution in [-0.2, 0) is 32.7 Å². The van der Waals surface area contributed by atoms with Crippen molar-refractivity contribution < 1.29 is 63.1 Å². The third-order valence-corrected chi connectivity index (χ3v) is 11.0. The number of allylic oxidation sites excluding steroid dienone is 10. The Morgan fingerprint density at radius 2 is 0.966 bits per heavy atom. The van der Waals surface area contributed by atoms with Crippen molar-refractivity contribution in [2.75, 3.05) is 13.2 Å². The van der Waals surface area contributed by atoms with Crippen molar-refractivity contribution in [2.24, 2.45) is 0 Å². The van der Waals surface area contributed by atoms with Gasteiger partial charge in [0, 0.05) is 12.8 Å². The Kier molecular flexibility index (Phi) is 32.5. The molecule has 0 aromatic heterocycles. The molecule has 13 nitrogen and oxygen atoms in total. The van der Waals surface area contributed by atoms with E-state index in [1.807, 2.05) is 54.7 Å². The summed E-state index contributed by atoms with van der Waals surface area (Å²) in [6.45, 7) is 3.08. The molecular weight excluding hydrogens is 779 g/mol. The molecule has 0 saturated heterocycles. The van der Waals surface area contributed by atoms with Gasteiger partial charge in [0.2, 0.25) is 0 Å². The second kappa shape index (κ2) is 35.2. The van der Waals surface area contributed by atoms with E-state index in [0.29, 0.717) is 19.3 Å². The van der Waals surface area contributed by atoms with Crippen molar-refractivity contribution in [1.29, 1.82) is 0 Å². The molecule has 0 heterocycles. The molecule has 1 rings (SSSR count). The standard InChI is InChI=1S/C45H77O13P/c1-3-5-7-9-11-13-15-17-18-19-20-22-23-25-27-29-31-33-38(46)55-35-37(36-56-59(53,54)58-45-43(51)41(49)40(48)42(50)44(45)52)57-39(47)34-32-30-28-26-24-21-16-14-12-10-8-6-4-2/h6,8,10,12,14,16,21,24,26,28,37,40-45,48-52H,3-5,7,9,11,13,15,17-20,22-23,25,27,29-36H2,1-2H3,(H,53,54)/b8-6+,12-10+,16-14+,24-21+,28-26+/t37?,40?,41-,42?,43?,44?,45?/m0/s1. The predicted molar refractivity (Wildman–Crippen MR) is 230 cm³/mol. The van der Waals surface area contributed by atoms with Gasteiger partial charge in [-0.2, -0.15) is 0 Å². The Labute approximate surface area is 353 Å². The minimum atomic E-state index is -5.14. The van der Waals surface area contributed by atoms with E-state index < -0.39 is 75.7 Å². The molecule has 8 atom stereocenters. The first kappa shape index (κ1) is 54.6. The SMILES string of the molecule is CC/C=C/C=C/C=C/C=C/C=C/CCCC(=O)OC(COC(=O)CCCCCCCCCCCCCCCCCCC)COP(=O)(O)OC1C(O)C(O)C(O)[C@H](O)C1O. The zero-order chi connectivity index (χ0) is 43.6. The summed E-state index contributed by atoms with van der Waals surface area (Å²) in [7, 11) is -5.14. The van der Waals surface area contributed by atoms with Gasteiger partial charge >= 0.3 is 19.8 Å². The molecule has 6 N–H and O–H groups in total. The molecule has 0 aromatic carbocycles. The van der Waals surface area contributed by atoms with E-state index in [-0.39, 0.29) is 12.8 Å². The van der Waals surface area contributed by atoms with E-state index in [9.17, 15) is 44.6 Å². The van der Waals surface area contributed by atoms with Gasteiger partial charge in [0.1, 0.15) is 43.2 Å². The Balaban J connectivity index is 2.50. The Morgan fingerprint density at radius 3 is 1.46 bits per heavy atom. The average Bonchev–Trinajstić information content (AvgIpc) is 3.21. The second-order valence-corrected chi connectivity index (χ2v) is 16.7. The van der Waals surface area contributed by atoms with E-state index in [0.717, 1.165) is 25.7 Å². The summed E-state index contributed by atoms with van der Waals surface area (Å²) in [6, 6.07) is 0. The van der Waals surface area contributed by atoms with E-state index in [4.69, 9.17) is 18.5 Å². The summed E-state index contributed by atoms with van der Waals surface area (Å²) in [5.74, 6) is -1.19. The first-order valence-corrected chi connectivity index (χ1v) is 23.7. The maximum atomic E-state index is 12.8. The number of aliphatic hydroxyl groups excluding tert-OH is 5. The number of unbranched alkanes of at least 4 members (excludes halogenated alkanes) is 17. The van der Waals surface area contributed by atoms with E-state index in [1.54, 1.807) is 0 Å². The smallest absolute Gasteiger partial charge is 0.462 e. The number of ether oxygens (including phenoxy) is 2. The molecule has 7 unspecified atom stereocenters. The van der Waals surface area contributed by atoms with Crippen LogP contribution in [0.4, 0.5) is 0 Å². The van der Waals surface area contributed by atoms with Crippen molar-refractivity contribution >= 4 is 19.8 Å². The van der Waals surface area contributed by atoms with Crippen molar-refractivity contribution in [3.8, 4) is 0 Å². The molecule has 0 aliphatic heterocycles. The van der Waals surface area contributed by atoms with Gasteiger partial charge in [-0.3, -0.25) is 18.6 Å². The van der Waals surface area contributed by atoms with Crippen LogP contribution in [0.1, 0.15) is 155 Å². The highest BCUT2D eigenvalue weighted by molar-refractivity contribution is 7.47. The molecule has 1 aliphatic rings. The summed E-state index contributed by atoms with van der Waals surface area (Å²) in [4.78, 5) is 35.6. The van der Waals surface area contributed by atoms with Gasteiger partial charge in [-0.15, -0.1) is 0 Å². The van der Waals surface area contributed by atoms with Gasteiger partial charge in [0.25, 0.3) is 0 Å². The molecule has 59 heavy (non-hydrogen) atoms.